The Morgan fingerprint density at radius 1 is 1.29 bits per heavy atom. The fourth-order valence-electron chi connectivity index (χ4n) is 3.27. The molecule has 0 amide bonds. The summed E-state index contributed by atoms with van der Waals surface area (Å²) in [6.07, 6.45) is 6.08. The number of aromatic nitrogens is 4. The van der Waals surface area contributed by atoms with Crippen LogP contribution in [0, 0.1) is 11.6 Å². The quantitative estimate of drug-likeness (QED) is 0.696. The van der Waals surface area contributed by atoms with E-state index in [1.165, 1.54) is 31.6 Å². The number of nitrogens with zero attached hydrogens (tertiary/aromatic N) is 4. The van der Waals surface area contributed by atoms with Crippen LogP contribution >= 0.6 is 0 Å². The number of aryl methyl sites for hydroxylation is 1. The van der Waals surface area contributed by atoms with Crippen molar-refractivity contribution in [2.75, 3.05) is 12.4 Å². The summed E-state index contributed by atoms with van der Waals surface area (Å²) in [5, 5.41) is 3.23. The summed E-state index contributed by atoms with van der Waals surface area (Å²) in [7, 11) is 1.29. The molecule has 0 radical (unpaired) electrons. The molecule has 0 saturated carbocycles. The second-order valence-electron chi connectivity index (χ2n) is 6.44. The molecule has 1 aliphatic heterocycles. The monoisotopic (exact) mass is 385 g/mol. The van der Waals surface area contributed by atoms with Gasteiger partial charge in [0.25, 0.3) is 0 Å². The highest BCUT2D eigenvalue weighted by atomic mass is 19.1. The van der Waals surface area contributed by atoms with E-state index in [9.17, 15) is 13.6 Å². The van der Waals surface area contributed by atoms with Crippen LogP contribution in [0.3, 0.4) is 0 Å². The predicted octanol–water partition coefficient (Wildman–Crippen LogP) is 2.83. The molecular weight excluding hydrogens is 368 g/mol. The van der Waals surface area contributed by atoms with Crippen LogP contribution in [0.1, 0.15) is 22.7 Å². The minimum Gasteiger partial charge on any atom is -0.464 e. The fraction of sp³-hybridized carbons (Fsp3) is 0.263. The van der Waals surface area contributed by atoms with Gasteiger partial charge in [-0.2, -0.15) is 0 Å². The van der Waals surface area contributed by atoms with E-state index < -0.39 is 17.6 Å². The van der Waals surface area contributed by atoms with E-state index in [0.717, 1.165) is 18.3 Å². The molecule has 0 saturated heterocycles. The van der Waals surface area contributed by atoms with E-state index in [2.05, 4.69) is 20.3 Å². The zero-order valence-electron chi connectivity index (χ0n) is 15.0. The average Bonchev–Trinajstić information content (AvgIpc) is 3.10. The standard InChI is InChI=1S/C19H17F2N5O2/c1-28-19(27)17-18(23-7-6-22-17)24-12-3-5-16-25-15(10-26(16)9-12)13-4-2-11(20)8-14(13)21/h2,4,6-8,10,12H,3,5,9H2,1H3,(H,23,24). The van der Waals surface area contributed by atoms with Crippen LogP contribution in [0.5, 0.6) is 0 Å². The summed E-state index contributed by atoms with van der Waals surface area (Å²) in [5.74, 6) is -0.659. The normalized spacial score (nSPS) is 15.8. The van der Waals surface area contributed by atoms with Gasteiger partial charge in [0.2, 0.25) is 0 Å². The van der Waals surface area contributed by atoms with Crippen LogP contribution in [0.15, 0.2) is 36.8 Å². The largest absolute Gasteiger partial charge is 0.464 e. The van der Waals surface area contributed by atoms with Crippen LogP contribution in [0.25, 0.3) is 11.3 Å². The van der Waals surface area contributed by atoms with Gasteiger partial charge in [-0.1, -0.05) is 0 Å². The van der Waals surface area contributed by atoms with E-state index in [0.29, 0.717) is 24.5 Å². The van der Waals surface area contributed by atoms with Crippen molar-refractivity contribution >= 4 is 11.8 Å². The van der Waals surface area contributed by atoms with Crippen molar-refractivity contribution in [3.8, 4) is 11.3 Å². The number of ether oxygens (including phenoxy) is 1. The fourth-order valence-corrected chi connectivity index (χ4v) is 3.27. The zero-order chi connectivity index (χ0) is 19.7. The van der Waals surface area contributed by atoms with Crippen molar-refractivity contribution in [3.63, 3.8) is 0 Å². The molecule has 7 nitrogen and oxygen atoms in total. The number of esters is 1. The third-order valence-corrected chi connectivity index (χ3v) is 4.62. The first kappa shape index (κ1) is 18.0. The third kappa shape index (κ3) is 3.42. The molecule has 144 valence electrons. The van der Waals surface area contributed by atoms with Gasteiger partial charge in [0.1, 0.15) is 17.5 Å². The number of imidazole rings is 1. The van der Waals surface area contributed by atoms with E-state index in [1.807, 2.05) is 4.57 Å². The van der Waals surface area contributed by atoms with Gasteiger partial charge >= 0.3 is 5.97 Å². The molecule has 2 aromatic heterocycles. The highest BCUT2D eigenvalue weighted by Gasteiger charge is 2.24. The van der Waals surface area contributed by atoms with Crippen molar-refractivity contribution < 1.29 is 18.3 Å². The van der Waals surface area contributed by atoms with Crippen molar-refractivity contribution in [1.29, 1.82) is 0 Å². The van der Waals surface area contributed by atoms with Gasteiger partial charge in [0.15, 0.2) is 11.5 Å². The number of anilines is 1. The van der Waals surface area contributed by atoms with Gasteiger partial charge in [0, 0.05) is 49.2 Å². The van der Waals surface area contributed by atoms with Crippen LogP contribution in [-0.4, -0.2) is 38.6 Å². The Balaban J connectivity index is 1.55. The highest BCUT2D eigenvalue weighted by Crippen LogP contribution is 2.26. The Bertz CT molecular complexity index is 1040. The first-order valence-corrected chi connectivity index (χ1v) is 8.72. The maximum Gasteiger partial charge on any atom is 0.360 e. The van der Waals surface area contributed by atoms with Gasteiger partial charge < -0.3 is 14.6 Å². The average molecular weight is 385 g/mol. The maximum absolute atomic E-state index is 14.1. The Morgan fingerprint density at radius 2 is 2.11 bits per heavy atom. The SMILES string of the molecule is COC(=O)c1nccnc1NC1CCc2nc(-c3ccc(F)cc3F)cn2C1. The number of nitrogens with one attached hydrogen (secondary N) is 1. The van der Waals surface area contributed by atoms with Crippen molar-refractivity contribution in [3.05, 3.63) is 59.9 Å². The number of hydrogen-bond acceptors (Lipinski definition) is 6. The number of benzene rings is 1. The molecule has 1 aromatic carbocycles. The Morgan fingerprint density at radius 3 is 2.89 bits per heavy atom. The summed E-state index contributed by atoms with van der Waals surface area (Å²) in [5.41, 5.74) is 0.841. The molecule has 1 unspecified atom stereocenters. The number of methoxy groups -OCH3 is 1. The van der Waals surface area contributed by atoms with Crippen molar-refractivity contribution in [1.82, 2.24) is 19.5 Å². The highest BCUT2D eigenvalue weighted by molar-refractivity contribution is 5.92. The number of carbonyl (C=O) groups excluding carboxylic acids is 1. The van der Waals surface area contributed by atoms with E-state index in [-0.39, 0.29) is 17.3 Å². The number of rotatable bonds is 4. The van der Waals surface area contributed by atoms with Crippen LogP contribution < -0.4 is 5.32 Å². The van der Waals surface area contributed by atoms with Gasteiger partial charge in [-0.15, -0.1) is 0 Å². The van der Waals surface area contributed by atoms with E-state index >= 15 is 0 Å². The van der Waals surface area contributed by atoms with Gasteiger partial charge in [-0.25, -0.2) is 28.5 Å². The molecule has 4 rings (SSSR count). The van der Waals surface area contributed by atoms with Crippen molar-refractivity contribution in [2.45, 2.75) is 25.4 Å². The predicted molar refractivity (Wildman–Crippen MR) is 96.7 cm³/mol. The van der Waals surface area contributed by atoms with Gasteiger partial charge in [-0.3, -0.25) is 0 Å². The minimum atomic E-state index is -0.646. The number of fused-ring (bicyclic) bond motifs is 1. The Kier molecular flexibility index (Phi) is 4.72. The van der Waals surface area contributed by atoms with Crippen LogP contribution in [0.4, 0.5) is 14.6 Å². The summed E-state index contributed by atoms with van der Waals surface area (Å²) in [4.78, 5) is 24.5. The lowest BCUT2D eigenvalue weighted by atomic mass is 10.1. The van der Waals surface area contributed by atoms with E-state index in [4.69, 9.17) is 4.74 Å². The topological polar surface area (TPSA) is 81.9 Å². The second-order valence-corrected chi connectivity index (χ2v) is 6.44. The first-order chi connectivity index (χ1) is 13.5. The molecule has 9 heteroatoms. The van der Waals surface area contributed by atoms with Gasteiger partial charge in [0.05, 0.1) is 12.8 Å². The maximum atomic E-state index is 14.1. The summed E-state index contributed by atoms with van der Waals surface area (Å²) < 4.78 is 33.9. The zero-order valence-corrected chi connectivity index (χ0v) is 15.0. The van der Waals surface area contributed by atoms with Crippen LogP contribution in [0.2, 0.25) is 0 Å². The third-order valence-electron chi connectivity index (χ3n) is 4.62. The molecule has 1 N–H and O–H groups in total. The summed E-state index contributed by atoms with van der Waals surface area (Å²) >= 11 is 0. The summed E-state index contributed by atoms with van der Waals surface area (Å²) in [6.45, 7) is 0.558. The molecule has 1 atom stereocenters. The number of hydrogen-bond donors (Lipinski definition) is 1. The lowest BCUT2D eigenvalue weighted by Crippen LogP contribution is -2.32. The molecule has 0 spiro atoms. The minimum absolute atomic E-state index is 0.0206. The van der Waals surface area contributed by atoms with Gasteiger partial charge in [-0.05, 0) is 18.6 Å². The Labute approximate surface area is 159 Å². The number of halogens is 2. The summed E-state index contributed by atoms with van der Waals surface area (Å²) in [6, 6.07) is 3.42. The number of carbonyl (C=O) groups is 1. The molecule has 3 aromatic rings. The molecule has 0 bridgehead atoms. The molecule has 0 fully saturated rings. The first-order valence-electron chi connectivity index (χ1n) is 8.72. The second kappa shape index (κ2) is 7.34. The lowest BCUT2D eigenvalue weighted by Gasteiger charge is -2.25. The van der Waals surface area contributed by atoms with E-state index in [1.54, 1.807) is 6.20 Å². The molecule has 0 aliphatic carbocycles. The smallest absolute Gasteiger partial charge is 0.360 e. The molecule has 1 aliphatic rings. The molecule has 3 heterocycles. The van der Waals surface area contributed by atoms with Crippen LogP contribution in [-0.2, 0) is 17.7 Å². The Hall–Kier alpha value is -3.36. The van der Waals surface area contributed by atoms with Crippen molar-refractivity contribution in [2.24, 2.45) is 0 Å². The lowest BCUT2D eigenvalue weighted by molar-refractivity contribution is 0.0594. The molecule has 28 heavy (non-hydrogen) atoms. The molecular formula is C19H17F2N5O2.